The van der Waals surface area contributed by atoms with Crippen molar-refractivity contribution in [1.29, 1.82) is 5.26 Å². The summed E-state index contributed by atoms with van der Waals surface area (Å²) in [5, 5.41) is 9.55. The number of terminal acetylenes is 1. The lowest BCUT2D eigenvalue weighted by atomic mass is 9.93. The first-order chi connectivity index (χ1) is 13.8. The van der Waals surface area contributed by atoms with Crippen molar-refractivity contribution >= 4 is 5.91 Å². The van der Waals surface area contributed by atoms with E-state index in [9.17, 15) is 32.0 Å². The number of carbonyl (C=O) groups is 1. The summed E-state index contributed by atoms with van der Waals surface area (Å²) in [6, 6.07) is 2.12. The van der Waals surface area contributed by atoms with Gasteiger partial charge in [0, 0.05) is 5.56 Å². The molecule has 9 heteroatoms. The van der Waals surface area contributed by atoms with Gasteiger partial charge in [0.15, 0.2) is 0 Å². The van der Waals surface area contributed by atoms with Gasteiger partial charge in [0.25, 0.3) is 0 Å². The molecule has 162 valence electrons. The molecule has 1 aromatic rings. The van der Waals surface area contributed by atoms with Crippen LogP contribution in [0.1, 0.15) is 50.3 Å². The summed E-state index contributed by atoms with van der Waals surface area (Å²) in [5.41, 5.74) is 3.87. The second kappa shape index (κ2) is 8.23. The first-order valence-corrected chi connectivity index (χ1v) is 9.32. The Labute approximate surface area is 171 Å². The molecule has 1 fully saturated rings. The molecule has 2 rings (SSSR count). The fraction of sp³-hybridized carbons (Fsp3) is 0.524. The quantitative estimate of drug-likeness (QED) is 0.525. The number of halogens is 5. The Kier molecular flexibility index (Phi) is 6.48. The molecule has 2 N–H and O–H groups in total. The largest absolute Gasteiger partial charge is 0.455 e. The minimum atomic E-state index is -5.96. The summed E-state index contributed by atoms with van der Waals surface area (Å²) in [4.78, 5) is 13.4. The molecule has 1 aliphatic rings. The van der Waals surface area contributed by atoms with Crippen molar-refractivity contribution in [1.82, 2.24) is 4.90 Å². The molecule has 0 radical (unpaired) electrons. The van der Waals surface area contributed by atoms with Crippen molar-refractivity contribution in [2.75, 3.05) is 0 Å². The molecule has 0 saturated heterocycles. The maximum Gasteiger partial charge on any atom is 0.455 e. The van der Waals surface area contributed by atoms with Gasteiger partial charge in [-0.05, 0) is 42.9 Å². The van der Waals surface area contributed by atoms with Crippen LogP contribution in [0.3, 0.4) is 0 Å². The Balaban J connectivity index is 2.68. The minimum absolute atomic E-state index is 0.0173. The van der Waals surface area contributed by atoms with Crippen LogP contribution in [0.4, 0.5) is 22.0 Å². The number of hydrogen-bond donors (Lipinski definition) is 1. The van der Waals surface area contributed by atoms with Crippen LogP contribution in [0.25, 0.3) is 0 Å². The molecule has 1 aliphatic carbocycles. The molecule has 0 unspecified atom stereocenters. The molecular formula is C21H22F5N3O. The molecule has 0 aliphatic heterocycles. The normalized spacial score (nSPS) is 17.6. The van der Waals surface area contributed by atoms with E-state index >= 15 is 0 Å². The third kappa shape index (κ3) is 4.41. The van der Waals surface area contributed by atoms with E-state index in [-0.39, 0.29) is 30.7 Å². The molecule has 1 aromatic carbocycles. The lowest BCUT2D eigenvalue weighted by molar-refractivity contribution is -0.305. The predicted octanol–water partition coefficient (Wildman–Crippen LogP) is 4.16. The standard InChI is InChI=1S/C21H22F5N3O/c1-4-14-5-7-15(8-6-14)17(20(22,23)21(24,25)26)29(19(12-27)9-10-19)18(30)16(28)11-13(2)3/h1,5-8,13,16-17H,9-11,28H2,2-3H3/t16-,17-/m0/s1. The van der Waals surface area contributed by atoms with Gasteiger partial charge in [0.1, 0.15) is 11.6 Å². The van der Waals surface area contributed by atoms with E-state index in [1.54, 1.807) is 19.9 Å². The van der Waals surface area contributed by atoms with Crippen LogP contribution in [-0.4, -0.2) is 34.5 Å². The lowest BCUT2D eigenvalue weighted by Crippen LogP contribution is -2.58. The number of nitrogens with two attached hydrogens (primary N) is 1. The third-order valence-corrected chi connectivity index (χ3v) is 5.05. The van der Waals surface area contributed by atoms with Gasteiger partial charge in [-0.1, -0.05) is 31.9 Å². The van der Waals surface area contributed by atoms with Gasteiger partial charge in [-0.3, -0.25) is 4.79 Å². The van der Waals surface area contributed by atoms with Crippen LogP contribution in [0.5, 0.6) is 0 Å². The molecule has 0 aromatic heterocycles. The van der Waals surface area contributed by atoms with Crippen LogP contribution in [0, 0.1) is 29.6 Å². The molecule has 4 nitrogen and oxygen atoms in total. The summed E-state index contributed by atoms with van der Waals surface area (Å²) >= 11 is 0. The highest BCUT2D eigenvalue weighted by molar-refractivity contribution is 5.84. The highest BCUT2D eigenvalue weighted by atomic mass is 19.4. The highest BCUT2D eigenvalue weighted by Crippen LogP contribution is 2.54. The van der Waals surface area contributed by atoms with E-state index in [0.717, 1.165) is 12.1 Å². The summed E-state index contributed by atoms with van der Waals surface area (Å²) in [5.74, 6) is -4.31. The van der Waals surface area contributed by atoms with E-state index in [2.05, 4.69) is 5.92 Å². The number of hydrogen-bond acceptors (Lipinski definition) is 3. The van der Waals surface area contributed by atoms with Crippen LogP contribution < -0.4 is 5.73 Å². The molecule has 0 bridgehead atoms. The fourth-order valence-electron chi connectivity index (χ4n) is 3.33. The highest BCUT2D eigenvalue weighted by Gasteiger charge is 2.69. The zero-order valence-corrected chi connectivity index (χ0v) is 16.5. The maximum absolute atomic E-state index is 14.8. The summed E-state index contributed by atoms with van der Waals surface area (Å²) in [6.45, 7) is 3.46. The van der Waals surface area contributed by atoms with Gasteiger partial charge in [-0.2, -0.15) is 27.2 Å². The third-order valence-electron chi connectivity index (χ3n) is 5.05. The van der Waals surface area contributed by atoms with Crippen LogP contribution in [0.15, 0.2) is 24.3 Å². The number of alkyl halides is 5. The van der Waals surface area contributed by atoms with Crippen molar-refractivity contribution in [3.63, 3.8) is 0 Å². The Morgan fingerprint density at radius 1 is 1.23 bits per heavy atom. The SMILES string of the molecule is C#Cc1ccc([C@H](N(C(=O)[C@@H](N)CC(C)C)C2(C#N)CC2)C(F)(F)C(F)(F)F)cc1. The van der Waals surface area contributed by atoms with Crippen molar-refractivity contribution < 1.29 is 26.7 Å². The molecule has 2 atom stereocenters. The van der Waals surface area contributed by atoms with Gasteiger partial charge in [-0.15, -0.1) is 6.42 Å². The van der Waals surface area contributed by atoms with E-state index in [4.69, 9.17) is 12.2 Å². The molecule has 0 spiro atoms. The molecule has 30 heavy (non-hydrogen) atoms. The second-order valence-corrected chi connectivity index (χ2v) is 7.88. The topological polar surface area (TPSA) is 70.1 Å². The van der Waals surface area contributed by atoms with E-state index < -0.39 is 41.2 Å². The van der Waals surface area contributed by atoms with Crippen molar-refractivity contribution in [3.05, 3.63) is 35.4 Å². The number of carbonyl (C=O) groups excluding carboxylic acids is 1. The van der Waals surface area contributed by atoms with Crippen LogP contribution in [0.2, 0.25) is 0 Å². The van der Waals surface area contributed by atoms with Gasteiger partial charge < -0.3 is 10.6 Å². The lowest BCUT2D eigenvalue weighted by Gasteiger charge is -2.41. The average Bonchev–Trinajstić information content (AvgIpc) is 3.45. The van der Waals surface area contributed by atoms with Crippen molar-refractivity contribution in [2.45, 2.75) is 62.8 Å². The van der Waals surface area contributed by atoms with Gasteiger partial charge >= 0.3 is 12.1 Å². The monoisotopic (exact) mass is 427 g/mol. The summed E-state index contributed by atoms with van der Waals surface area (Å²) < 4.78 is 69.9. The Morgan fingerprint density at radius 3 is 2.13 bits per heavy atom. The zero-order valence-electron chi connectivity index (χ0n) is 16.5. The molecule has 1 amide bonds. The molecule has 0 heterocycles. The average molecular weight is 427 g/mol. The first-order valence-electron chi connectivity index (χ1n) is 9.32. The number of benzene rings is 1. The maximum atomic E-state index is 14.8. The fourth-order valence-corrected chi connectivity index (χ4v) is 3.33. The van der Waals surface area contributed by atoms with Gasteiger partial charge in [0.05, 0.1) is 12.1 Å². The smallest absolute Gasteiger partial charge is 0.320 e. The minimum Gasteiger partial charge on any atom is -0.320 e. The second-order valence-electron chi connectivity index (χ2n) is 7.88. The van der Waals surface area contributed by atoms with Crippen LogP contribution in [-0.2, 0) is 4.79 Å². The zero-order chi connectivity index (χ0) is 22.9. The number of amides is 1. The van der Waals surface area contributed by atoms with Crippen molar-refractivity contribution in [2.24, 2.45) is 11.7 Å². The van der Waals surface area contributed by atoms with E-state index in [1.807, 2.05) is 0 Å². The number of rotatable bonds is 7. The summed E-state index contributed by atoms with van der Waals surface area (Å²) in [6.07, 6.45) is -0.708. The van der Waals surface area contributed by atoms with E-state index in [0.29, 0.717) is 4.90 Å². The number of nitrogens with zero attached hydrogens (tertiary/aromatic N) is 2. The van der Waals surface area contributed by atoms with Gasteiger partial charge in [0.2, 0.25) is 5.91 Å². The molecule has 1 saturated carbocycles. The Bertz CT molecular complexity index is 861. The summed E-state index contributed by atoms with van der Waals surface area (Å²) in [7, 11) is 0. The predicted molar refractivity (Wildman–Crippen MR) is 100.0 cm³/mol. The Hall–Kier alpha value is -2.65. The molecular weight excluding hydrogens is 405 g/mol. The van der Waals surface area contributed by atoms with Crippen LogP contribution >= 0.6 is 0 Å². The number of nitriles is 1. The van der Waals surface area contributed by atoms with Crippen molar-refractivity contribution in [3.8, 4) is 18.4 Å². The Morgan fingerprint density at radius 2 is 1.77 bits per heavy atom. The first kappa shape index (κ1) is 23.6. The van der Waals surface area contributed by atoms with Gasteiger partial charge in [-0.25, -0.2) is 0 Å². The van der Waals surface area contributed by atoms with E-state index in [1.165, 1.54) is 12.1 Å².